The molecule has 2 aromatic rings. The average Bonchev–Trinajstić information content (AvgIpc) is 3.35. The summed E-state index contributed by atoms with van der Waals surface area (Å²) < 4.78 is 38.8. The van der Waals surface area contributed by atoms with Crippen LogP contribution in [0, 0.1) is 6.92 Å². The summed E-state index contributed by atoms with van der Waals surface area (Å²) in [6, 6.07) is 15.0. The van der Waals surface area contributed by atoms with Crippen LogP contribution in [0.3, 0.4) is 0 Å². The molecule has 0 aromatic heterocycles. The fourth-order valence-electron chi connectivity index (χ4n) is 4.43. The number of carbonyl (C=O) groups excluding carboxylic acids is 1. The number of sulfone groups is 1. The molecule has 0 radical (unpaired) electrons. The van der Waals surface area contributed by atoms with Gasteiger partial charge in [0.05, 0.1) is 11.5 Å². The number of aryl methyl sites for hydroxylation is 2. The van der Waals surface area contributed by atoms with E-state index in [0.717, 1.165) is 11.1 Å². The Labute approximate surface area is 177 Å². The fraction of sp³-hybridized carbons (Fsp3) is 0.435. The first kappa shape index (κ1) is 21.0. The molecule has 4 rings (SSSR count). The summed E-state index contributed by atoms with van der Waals surface area (Å²) in [4.78, 5) is 10.2. The van der Waals surface area contributed by atoms with Crippen molar-refractivity contribution in [3.63, 3.8) is 0 Å². The monoisotopic (exact) mass is 429 g/mol. The van der Waals surface area contributed by atoms with Gasteiger partial charge in [-0.25, -0.2) is 8.42 Å². The normalized spacial score (nSPS) is 25.8. The van der Waals surface area contributed by atoms with Crippen LogP contribution in [0.1, 0.15) is 36.5 Å². The molecular weight excluding hydrogens is 402 g/mol. The molecule has 0 bridgehead atoms. The van der Waals surface area contributed by atoms with E-state index >= 15 is 0 Å². The Kier molecular flexibility index (Phi) is 5.46. The zero-order valence-corrected chi connectivity index (χ0v) is 18.1. The average molecular weight is 430 g/mol. The van der Waals surface area contributed by atoms with Crippen LogP contribution in [0.15, 0.2) is 53.4 Å². The molecule has 6 nitrogen and oxygen atoms in total. The van der Waals surface area contributed by atoms with Crippen LogP contribution >= 0.6 is 0 Å². The molecular formula is C23H27NO5S. The van der Waals surface area contributed by atoms with Crippen LogP contribution in [0.4, 0.5) is 0 Å². The van der Waals surface area contributed by atoms with E-state index in [0.29, 0.717) is 25.8 Å². The minimum Gasteiger partial charge on any atom is -0.466 e. The molecule has 0 unspecified atom stereocenters. The zero-order valence-electron chi connectivity index (χ0n) is 17.3. The van der Waals surface area contributed by atoms with Gasteiger partial charge in [0, 0.05) is 26.4 Å². The van der Waals surface area contributed by atoms with E-state index in [1.165, 1.54) is 12.5 Å². The SMILES string of the molecule is CC(=O)OCC[C@]12CCc3ccccc3CNC[C@@]1(S(=O)(=O)c1ccc(C)cc1)O2. The lowest BCUT2D eigenvalue weighted by Crippen LogP contribution is -2.43. The van der Waals surface area contributed by atoms with Crippen molar-refractivity contribution >= 4 is 15.8 Å². The highest BCUT2D eigenvalue weighted by atomic mass is 32.2. The maximum atomic E-state index is 13.7. The van der Waals surface area contributed by atoms with Gasteiger partial charge in [0.25, 0.3) is 0 Å². The second-order valence-electron chi connectivity index (χ2n) is 8.13. The number of carbonyl (C=O) groups is 1. The van der Waals surface area contributed by atoms with Crippen molar-refractivity contribution in [1.29, 1.82) is 0 Å². The standard InChI is InChI=1S/C23H27NO5S/c1-17-7-9-21(10-8-17)30(26,27)23-16-24-15-20-6-4-3-5-19(20)11-12-22(23,29-23)13-14-28-18(2)25/h3-10,24H,11-16H2,1-2H3/t22-,23+/m1/s1. The Morgan fingerprint density at radius 3 is 2.53 bits per heavy atom. The van der Waals surface area contributed by atoms with Crippen molar-refractivity contribution in [2.75, 3.05) is 13.2 Å². The number of fused-ring (bicyclic) bond motifs is 2. The van der Waals surface area contributed by atoms with E-state index in [1.54, 1.807) is 24.3 Å². The van der Waals surface area contributed by atoms with Crippen molar-refractivity contribution < 1.29 is 22.7 Å². The number of benzene rings is 2. The molecule has 0 saturated carbocycles. The highest BCUT2D eigenvalue weighted by Gasteiger charge is 2.76. The lowest BCUT2D eigenvalue weighted by Gasteiger charge is -2.20. The van der Waals surface area contributed by atoms with Crippen LogP contribution in [0.5, 0.6) is 0 Å². The molecule has 2 atom stereocenters. The van der Waals surface area contributed by atoms with Gasteiger partial charge in [0.2, 0.25) is 14.8 Å². The molecule has 2 aromatic carbocycles. The Morgan fingerprint density at radius 2 is 1.83 bits per heavy atom. The summed E-state index contributed by atoms with van der Waals surface area (Å²) in [7, 11) is -3.78. The minimum absolute atomic E-state index is 0.127. The van der Waals surface area contributed by atoms with Crippen LogP contribution in [0.2, 0.25) is 0 Å². The zero-order chi connectivity index (χ0) is 21.4. The molecule has 0 spiro atoms. The van der Waals surface area contributed by atoms with Crippen LogP contribution < -0.4 is 5.32 Å². The molecule has 30 heavy (non-hydrogen) atoms. The fourth-order valence-corrected chi connectivity index (χ4v) is 6.56. The summed E-state index contributed by atoms with van der Waals surface area (Å²) in [6.45, 7) is 4.15. The Balaban J connectivity index is 1.71. The molecule has 0 amide bonds. The topological polar surface area (TPSA) is 85.0 Å². The maximum Gasteiger partial charge on any atom is 0.302 e. The van der Waals surface area contributed by atoms with Crippen molar-refractivity contribution in [3.05, 3.63) is 65.2 Å². The highest BCUT2D eigenvalue weighted by molar-refractivity contribution is 7.93. The van der Waals surface area contributed by atoms with Gasteiger partial charge in [-0.3, -0.25) is 4.79 Å². The van der Waals surface area contributed by atoms with E-state index < -0.39 is 20.4 Å². The van der Waals surface area contributed by atoms with E-state index in [9.17, 15) is 13.2 Å². The Morgan fingerprint density at radius 1 is 1.13 bits per heavy atom. The third-order valence-corrected chi connectivity index (χ3v) is 8.54. The molecule has 1 fully saturated rings. The number of nitrogens with one attached hydrogen (secondary N) is 1. The summed E-state index contributed by atoms with van der Waals surface area (Å²) in [5.74, 6) is -0.384. The first-order valence-electron chi connectivity index (χ1n) is 10.2. The molecule has 2 heterocycles. The van der Waals surface area contributed by atoms with Crippen molar-refractivity contribution in [1.82, 2.24) is 5.32 Å². The van der Waals surface area contributed by atoms with Crippen LogP contribution in [0.25, 0.3) is 0 Å². The number of ether oxygens (including phenoxy) is 2. The Bertz CT molecular complexity index is 1050. The van der Waals surface area contributed by atoms with Crippen molar-refractivity contribution in [2.45, 2.75) is 55.1 Å². The van der Waals surface area contributed by atoms with Gasteiger partial charge in [-0.1, -0.05) is 42.0 Å². The van der Waals surface area contributed by atoms with Crippen LogP contribution in [-0.4, -0.2) is 38.1 Å². The first-order chi connectivity index (χ1) is 14.3. The molecule has 1 N–H and O–H groups in total. The molecule has 160 valence electrons. The van der Waals surface area contributed by atoms with E-state index in [2.05, 4.69) is 17.4 Å². The van der Waals surface area contributed by atoms with Gasteiger partial charge in [0.15, 0.2) is 0 Å². The smallest absolute Gasteiger partial charge is 0.302 e. The highest BCUT2D eigenvalue weighted by Crippen LogP contribution is 2.58. The third kappa shape index (κ3) is 3.55. The molecule has 1 saturated heterocycles. The molecule has 2 aliphatic heterocycles. The number of hydrogen-bond donors (Lipinski definition) is 1. The summed E-state index contributed by atoms with van der Waals surface area (Å²) in [6.07, 6.45) is 1.57. The quantitative estimate of drug-likeness (QED) is 0.581. The largest absolute Gasteiger partial charge is 0.466 e. The lowest BCUT2D eigenvalue weighted by atomic mass is 9.92. The van der Waals surface area contributed by atoms with Gasteiger partial charge in [0.1, 0.15) is 5.60 Å². The van der Waals surface area contributed by atoms with Crippen molar-refractivity contribution in [2.24, 2.45) is 0 Å². The summed E-state index contributed by atoms with van der Waals surface area (Å²) >= 11 is 0. The minimum atomic E-state index is -3.78. The van der Waals surface area contributed by atoms with Gasteiger partial charge in [-0.15, -0.1) is 0 Å². The van der Waals surface area contributed by atoms with E-state index in [1.807, 2.05) is 19.1 Å². The van der Waals surface area contributed by atoms with Gasteiger partial charge < -0.3 is 14.8 Å². The lowest BCUT2D eigenvalue weighted by molar-refractivity contribution is -0.141. The third-order valence-electron chi connectivity index (χ3n) is 6.18. The first-order valence-corrected chi connectivity index (χ1v) is 11.7. The van der Waals surface area contributed by atoms with E-state index in [4.69, 9.17) is 9.47 Å². The predicted octanol–water partition coefficient (Wildman–Crippen LogP) is 2.92. The number of epoxide rings is 1. The predicted molar refractivity (Wildman–Crippen MR) is 113 cm³/mol. The van der Waals surface area contributed by atoms with Crippen LogP contribution in [-0.2, 0) is 37.1 Å². The number of hydrogen-bond acceptors (Lipinski definition) is 6. The van der Waals surface area contributed by atoms with Gasteiger partial charge >= 0.3 is 5.97 Å². The summed E-state index contributed by atoms with van der Waals surface area (Å²) in [5.41, 5.74) is 2.43. The van der Waals surface area contributed by atoms with Gasteiger partial charge in [-0.05, 0) is 43.0 Å². The number of rotatable bonds is 5. The van der Waals surface area contributed by atoms with Gasteiger partial charge in [-0.2, -0.15) is 0 Å². The molecule has 2 aliphatic rings. The number of esters is 1. The second-order valence-corrected chi connectivity index (χ2v) is 10.3. The van der Waals surface area contributed by atoms with Crippen molar-refractivity contribution in [3.8, 4) is 0 Å². The maximum absolute atomic E-state index is 13.7. The molecule has 7 heteroatoms. The summed E-state index contributed by atoms with van der Waals surface area (Å²) in [5, 5.41) is 3.32. The Hall–Kier alpha value is -2.22. The second kappa shape index (κ2) is 7.80. The van der Waals surface area contributed by atoms with E-state index in [-0.39, 0.29) is 24.0 Å². The molecule has 0 aliphatic carbocycles.